The van der Waals surface area contributed by atoms with Gasteiger partial charge in [0.15, 0.2) is 5.96 Å². The van der Waals surface area contributed by atoms with Gasteiger partial charge in [-0.2, -0.15) is 5.10 Å². The number of rotatable bonds is 8. The van der Waals surface area contributed by atoms with E-state index in [0.717, 1.165) is 40.9 Å². The van der Waals surface area contributed by atoms with E-state index in [4.69, 9.17) is 0 Å². The molecule has 3 aromatic rings. The van der Waals surface area contributed by atoms with Crippen molar-refractivity contribution in [3.63, 3.8) is 0 Å². The second kappa shape index (κ2) is 10.4. The number of aliphatic imine (C=N–C) groups is 1. The SMILES string of the molecule is CN=C(NCCc1csc(C)n1)NCc1cccc(NC(=O)Cn2cccn2)c1. The highest BCUT2D eigenvalue weighted by Crippen LogP contribution is 2.11. The van der Waals surface area contributed by atoms with Crippen molar-refractivity contribution in [2.45, 2.75) is 26.4 Å². The lowest BCUT2D eigenvalue weighted by atomic mass is 10.2. The maximum absolute atomic E-state index is 12.1. The minimum atomic E-state index is -0.117. The van der Waals surface area contributed by atoms with E-state index in [1.54, 1.807) is 41.5 Å². The van der Waals surface area contributed by atoms with Gasteiger partial charge in [0.25, 0.3) is 0 Å². The summed E-state index contributed by atoms with van der Waals surface area (Å²) < 4.78 is 1.59. The highest BCUT2D eigenvalue weighted by atomic mass is 32.1. The Morgan fingerprint density at radius 3 is 2.90 bits per heavy atom. The molecule has 29 heavy (non-hydrogen) atoms. The second-order valence-corrected chi connectivity index (χ2v) is 7.47. The Labute approximate surface area is 174 Å². The van der Waals surface area contributed by atoms with E-state index in [-0.39, 0.29) is 12.5 Å². The third-order valence-electron chi connectivity index (χ3n) is 4.10. The number of hydrogen-bond donors (Lipinski definition) is 3. The number of nitrogens with zero attached hydrogens (tertiary/aromatic N) is 4. The predicted molar refractivity (Wildman–Crippen MR) is 116 cm³/mol. The van der Waals surface area contributed by atoms with E-state index in [9.17, 15) is 4.79 Å². The molecule has 0 aliphatic carbocycles. The van der Waals surface area contributed by atoms with Gasteiger partial charge in [-0.3, -0.25) is 14.5 Å². The molecule has 0 unspecified atom stereocenters. The lowest BCUT2D eigenvalue weighted by Crippen LogP contribution is -2.37. The van der Waals surface area contributed by atoms with Crippen molar-refractivity contribution in [2.24, 2.45) is 4.99 Å². The largest absolute Gasteiger partial charge is 0.356 e. The van der Waals surface area contributed by atoms with Gasteiger partial charge in [0.05, 0.1) is 10.7 Å². The number of aryl methyl sites for hydroxylation is 1. The van der Waals surface area contributed by atoms with Crippen molar-refractivity contribution >= 4 is 28.9 Å². The first-order valence-corrected chi connectivity index (χ1v) is 10.2. The standard InChI is InChI=1S/C20H25N7OS/c1-15-25-18(14-29-15)7-9-22-20(21-2)23-12-16-5-3-6-17(11-16)26-19(28)13-27-10-4-8-24-27/h3-6,8,10-11,14H,7,9,12-13H2,1-2H3,(H,26,28)(H2,21,22,23). The van der Waals surface area contributed by atoms with Crippen LogP contribution in [-0.4, -0.2) is 40.2 Å². The maximum atomic E-state index is 12.1. The minimum Gasteiger partial charge on any atom is -0.356 e. The van der Waals surface area contributed by atoms with E-state index < -0.39 is 0 Å². The second-order valence-electron chi connectivity index (χ2n) is 6.41. The number of thiazole rings is 1. The normalized spacial score (nSPS) is 11.3. The minimum absolute atomic E-state index is 0.117. The van der Waals surface area contributed by atoms with Crippen molar-refractivity contribution in [1.82, 2.24) is 25.4 Å². The molecular formula is C20H25N7OS. The Morgan fingerprint density at radius 1 is 1.28 bits per heavy atom. The van der Waals surface area contributed by atoms with Crippen LogP contribution in [0.2, 0.25) is 0 Å². The number of anilines is 1. The number of carbonyl (C=O) groups is 1. The van der Waals surface area contributed by atoms with Gasteiger partial charge in [-0.25, -0.2) is 4.98 Å². The number of nitrogens with one attached hydrogen (secondary N) is 3. The molecule has 0 bridgehead atoms. The van der Waals surface area contributed by atoms with Crippen LogP contribution in [0.3, 0.4) is 0 Å². The third-order valence-corrected chi connectivity index (χ3v) is 4.92. The van der Waals surface area contributed by atoms with Crippen LogP contribution in [0, 0.1) is 6.92 Å². The van der Waals surface area contributed by atoms with Gasteiger partial charge in [0.2, 0.25) is 5.91 Å². The van der Waals surface area contributed by atoms with E-state index in [2.05, 4.69) is 36.4 Å². The summed E-state index contributed by atoms with van der Waals surface area (Å²) in [4.78, 5) is 20.8. The van der Waals surface area contributed by atoms with Crippen molar-refractivity contribution in [2.75, 3.05) is 18.9 Å². The molecular weight excluding hydrogens is 386 g/mol. The fourth-order valence-corrected chi connectivity index (χ4v) is 3.39. The molecule has 8 nitrogen and oxygen atoms in total. The zero-order chi connectivity index (χ0) is 20.5. The van der Waals surface area contributed by atoms with Crippen molar-refractivity contribution < 1.29 is 4.79 Å². The summed E-state index contributed by atoms with van der Waals surface area (Å²) in [7, 11) is 1.74. The van der Waals surface area contributed by atoms with Gasteiger partial charge in [-0.05, 0) is 30.7 Å². The van der Waals surface area contributed by atoms with Gasteiger partial charge < -0.3 is 16.0 Å². The summed E-state index contributed by atoms with van der Waals surface area (Å²) in [6.07, 6.45) is 4.26. The summed E-state index contributed by atoms with van der Waals surface area (Å²) in [6, 6.07) is 9.52. The molecule has 0 saturated heterocycles. The van der Waals surface area contributed by atoms with E-state index >= 15 is 0 Å². The lowest BCUT2D eigenvalue weighted by molar-refractivity contribution is -0.116. The van der Waals surface area contributed by atoms with Crippen LogP contribution in [0.15, 0.2) is 53.1 Å². The quantitative estimate of drug-likeness (QED) is 0.390. The van der Waals surface area contributed by atoms with Crippen LogP contribution < -0.4 is 16.0 Å². The third kappa shape index (κ3) is 6.72. The van der Waals surface area contributed by atoms with Crippen molar-refractivity contribution in [1.29, 1.82) is 0 Å². The van der Waals surface area contributed by atoms with E-state index in [1.807, 2.05) is 31.2 Å². The van der Waals surface area contributed by atoms with Gasteiger partial charge in [0.1, 0.15) is 6.54 Å². The van der Waals surface area contributed by atoms with Crippen LogP contribution >= 0.6 is 11.3 Å². The fraction of sp³-hybridized carbons (Fsp3) is 0.300. The molecule has 2 heterocycles. The Kier molecular flexibility index (Phi) is 7.34. The summed E-state index contributed by atoms with van der Waals surface area (Å²) in [6.45, 7) is 3.55. The molecule has 1 aromatic carbocycles. The lowest BCUT2D eigenvalue weighted by Gasteiger charge is -2.12. The van der Waals surface area contributed by atoms with Gasteiger partial charge >= 0.3 is 0 Å². The molecule has 1 amide bonds. The van der Waals surface area contributed by atoms with E-state index in [0.29, 0.717) is 6.54 Å². The Bertz CT molecular complexity index is 949. The summed E-state index contributed by atoms with van der Waals surface area (Å²) >= 11 is 1.66. The summed E-state index contributed by atoms with van der Waals surface area (Å²) in [5.41, 5.74) is 2.89. The molecule has 3 rings (SSSR count). The molecule has 0 spiro atoms. The molecule has 0 atom stereocenters. The molecule has 0 aliphatic rings. The number of hydrogen-bond acceptors (Lipinski definition) is 5. The van der Waals surface area contributed by atoms with Crippen LogP contribution in [-0.2, 0) is 24.3 Å². The van der Waals surface area contributed by atoms with Crippen LogP contribution in [0.1, 0.15) is 16.3 Å². The smallest absolute Gasteiger partial charge is 0.246 e. The molecule has 0 aliphatic heterocycles. The molecule has 2 aromatic heterocycles. The number of benzene rings is 1. The molecule has 152 valence electrons. The average Bonchev–Trinajstić information content (AvgIpc) is 3.36. The molecule has 3 N–H and O–H groups in total. The van der Waals surface area contributed by atoms with Gasteiger partial charge in [-0.1, -0.05) is 12.1 Å². The highest BCUT2D eigenvalue weighted by molar-refractivity contribution is 7.09. The zero-order valence-corrected chi connectivity index (χ0v) is 17.4. The summed E-state index contributed by atoms with van der Waals surface area (Å²) in [5, 5.41) is 16.7. The first-order valence-electron chi connectivity index (χ1n) is 9.34. The number of carbonyl (C=O) groups excluding carboxylic acids is 1. The zero-order valence-electron chi connectivity index (χ0n) is 16.6. The summed E-state index contributed by atoms with van der Waals surface area (Å²) in [5.74, 6) is 0.610. The van der Waals surface area contributed by atoms with Crippen LogP contribution in [0.25, 0.3) is 0 Å². The first kappa shape index (κ1) is 20.5. The number of amides is 1. The van der Waals surface area contributed by atoms with Crippen LogP contribution in [0.5, 0.6) is 0 Å². The number of aromatic nitrogens is 3. The van der Waals surface area contributed by atoms with Crippen molar-refractivity contribution in [3.8, 4) is 0 Å². The van der Waals surface area contributed by atoms with Crippen LogP contribution in [0.4, 0.5) is 5.69 Å². The van der Waals surface area contributed by atoms with E-state index in [1.165, 1.54) is 0 Å². The Morgan fingerprint density at radius 2 is 2.17 bits per heavy atom. The fourth-order valence-electron chi connectivity index (χ4n) is 2.74. The highest BCUT2D eigenvalue weighted by Gasteiger charge is 2.05. The monoisotopic (exact) mass is 411 g/mol. The number of guanidine groups is 1. The van der Waals surface area contributed by atoms with Gasteiger partial charge in [0, 0.05) is 50.0 Å². The Hall–Kier alpha value is -3.20. The molecule has 0 saturated carbocycles. The first-order chi connectivity index (χ1) is 14.1. The predicted octanol–water partition coefficient (Wildman–Crippen LogP) is 2.19. The topological polar surface area (TPSA) is 96.2 Å². The molecule has 9 heteroatoms. The van der Waals surface area contributed by atoms with Gasteiger partial charge in [-0.15, -0.1) is 11.3 Å². The average molecular weight is 412 g/mol. The maximum Gasteiger partial charge on any atom is 0.246 e. The molecule has 0 radical (unpaired) electrons. The Balaban J connectivity index is 1.45. The molecule has 0 fully saturated rings. The van der Waals surface area contributed by atoms with Crippen molar-refractivity contribution in [3.05, 3.63) is 64.4 Å².